The van der Waals surface area contributed by atoms with Crippen LogP contribution in [0.4, 0.5) is 0 Å². The molecule has 2 amide bonds. The minimum atomic E-state index is -0.516. The van der Waals surface area contributed by atoms with Crippen LogP contribution >= 0.6 is 12.4 Å². The molecule has 1 aliphatic rings. The number of halogens is 1. The van der Waals surface area contributed by atoms with E-state index in [0.29, 0.717) is 24.3 Å². The number of aryl methyl sites for hydroxylation is 2. The molecule has 1 saturated heterocycles. The summed E-state index contributed by atoms with van der Waals surface area (Å²) in [5, 5.41) is 20.1. The van der Waals surface area contributed by atoms with Crippen molar-refractivity contribution in [3.05, 3.63) is 28.7 Å². The molecule has 0 bridgehead atoms. The number of carbonyl (C=O) groups is 2. The van der Waals surface area contributed by atoms with E-state index in [9.17, 15) is 14.9 Å². The number of amides is 2. The van der Waals surface area contributed by atoms with Gasteiger partial charge in [-0.25, -0.2) is 9.50 Å². The zero-order chi connectivity index (χ0) is 24.6. The molecule has 3 rings (SSSR count). The Bertz CT molecular complexity index is 1110. The highest BCUT2D eigenvalue weighted by atomic mass is 35.5. The van der Waals surface area contributed by atoms with Gasteiger partial charge in [-0.2, -0.15) is 10.4 Å². The molecule has 3 heterocycles. The third kappa shape index (κ3) is 5.86. The van der Waals surface area contributed by atoms with Crippen LogP contribution in [-0.4, -0.2) is 62.5 Å². The maximum Gasteiger partial charge on any atom is 0.255 e. The van der Waals surface area contributed by atoms with E-state index in [1.54, 1.807) is 9.42 Å². The van der Waals surface area contributed by atoms with Crippen molar-refractivity contribution in [2.45, 2.75) is 78.3 Å². The first kappa shape index (κ1) is 27.5. The third-order valence-corrected chi connectivity index (χ3v) is 6.14. The number of nitrogens with zero attached hydrogens (tertiary/aromatic N) is 5. The van der Waals surface area contributed by atoms with E-state index in [1.165, 1.54) is 0 Å². The Morgan fingerprint density at radius 1 is 1.24 bits per heavy atom. The van der Waals surface area contributed by atoms with Crippen molar-refractivity contribution < 1.29 is 9.59 Å². The quantitative estimate of drug-likeness (QED) is 0.644. The van der Waals surface area contributed by atoms with Crippen LogP contribution in [0.5, 0.6) is 0 Å². The molecule has 0 unspecified atom stereocenters. The monoisotopic (exact) mass is 489 g/mol. The lowest BCUT2D eigenvalue weighted by atomic mass is 9.93. The van der Waals surface area contributed by atoms with E-state index in [1.807, 2.05) is 33.8 Å². The first-order chi connectivity index (χ1) is 15.3. The smallest absolute Gasteiger partial charge is 0.255 e. The van der Waals surface area contributed by atoms with Crippen LogP contribution in [0.2, 0.25) is 0 Å². The summed E-state index contributed by atoms with van der Waals surface area (Å²) in [5.74, 6) is -0.314. The molecule has 10 heteroatoms. The normalized spacial score (nSPS) is 16.3. The van der Waals surface area contributed by atoms with E-state index in [2.05, 4.69) is 47.6 Å². The van der Waals surface area contributed by atoms with E-state index in [0.717, 1.165) is 29.9 Å². The summed E-state index contributed by atoms with van der Waals surface area (Å²) >= 11 is 0. The number of nitrogens with one attached hydrogen (secondary N) is 2. The summed E-state index contributed by atoms with van der Waals surface area (Å²) in [6.45, 7) is 14.9. The molecule has 2 aromatic heterocycles. The van der Waals surface area contributed by atoms with Gasteiger partial charge in [0.2, 0.25) is 5.91 Å². The minimum Gasteiger partial charge on any atom is -0.350 e. The van der Waals surface area contributed by atoms with Crippen LogP contribution in [0.25, 0.3) is 5.65 Å². The summed E-state index contributed by atoms with van der Waals surface area (Å²) in [6, 6.07) is 3.82. The number of carbonyl (C=O) groups excluding carboxylic acids is 2. The van der Waals surface area contributed by atoms with E-state index < -0.39 is 5.54 Å². The van der Waals surface area contributed by atoms with Crippen molar-refractivity contribution in [1.29, 1.82) is 5.26 Å². The van der Waals surface area contributed by atoms with Crippen LogP contribution in [-0.2, 0) is 10.2 Å². The molecular formula is C24H36ClN7O2. The summed E-state index contributed by atoms with van der Waals surface area (Å²) < 4.78 is 1.73. The van der Waals surface area contributed by atoms with Gasteiger partial charge in [-0.05, 0) is 40.5 Å². The van der Waals surface area contributed by atoms with E-state index in [-0.39, 0.29) is 42.2 Å². The second kappa shape index (κ2) is 10.3. The lowest BCUT2D eigenvalue weighted by Gasteiger charge is -2.28. The van der Waals surface area contributed by atoms with Gasteiger partial charge in [-0.1, -0.05) is 20.8 Å². The Balaban J connectivity index is 0.00000408. The average molecular weight is 490 g/mol. The fourth-order valence-corrected chi connectivity index (χ4v) is 4.06. The van der Waals surface area contributed by atoms with Gasteiger partial charge < -0.3 is 15.5 Å². The number of hydrogen-bond acceptors (Lipinski definition) is 6. The highest BCUT2D eigenvalue weighted by Gasteiger charge is 2.30. The number of fused-ring (bicyclic) bond motifs is 1. The van der Waals surface area contributed by atoms with Crippen LogP contribution in [0.1, 0.15) is 74.9 Å². The Hall–Kier alpha value is -2.70. The molecule has 1 fully saturated rings. The zero-order valence-corrected chi connectivity index (χ0v) is 22.0. The van der Waals surface area contributed by atoms with Crippen molar-refractivity contribution >= 4 is 29.9 Å². The summed E-state index contributed by atoms with van der Waals surface area (Å²) in [6.07, 6.45) is 1.58. The number of nitriles is 1. The molecule has 1 aliphatic heterocycles. The summed E-state index contributed by atoms with van der Waals surface area (Å²) in [5.41, 5.74) is 2.90. The van der Waals surface area contributed by atoms with Gasteiger partial charge in [0.25, 0.3) is 5.91 Å². The Morgan fingerprint density at radius 3 is 2.53 bits per heavy atom. The van der Waals surface area contributed by atoms with Gasteiger partial charge in [-0.3, -0.25) is 9.59 Å². The average Bonchev–Trinajstić information content (AvgIpc) is 3.37. The summed E-state index contributed by atoms with van der Waals surface area (Å²) in [7, 11) is 0. The van der Waals surface area contributed by atoms with Crippen molar-refractivity contribution in [2.75, 3.05) is 19.6 Å². The van der Waals surface area contributed by atoms with Gasteiger partial charge in [0.1, 0.15) is 6.04 Å². The summed E-state index contributed by atoms with van der Waals surface area (Å²) in [4.78, 5) is 31.8. The molecular weight excluding hydrogens is 454 g/mol. The van der Waals surface area contributed by atoms with Crippen molar-refractivity contribution in [1.82, 2.24) is 30.1 Å². The maximum atomic E-state index is 13.1. The predicted molar refractivity (Wildman–Crippen MR) is 133 cm³/mol. The van der Waals surface area contributed by atoms with Crippen molar-refractivity contribution in [2.24, 2.45) is 0 Å². The molecule has 0 saturated carbocycles. The molecule has 0 spiro atoms. The molecule has 34 heavy (non-hydrogen) atoms. The van der Waals surface area contributed by atoms with Crippen LogP contribution in [0.15, 0.2) is 6.07 Å². The second-order valence-electron chi connectivity index (χ2n) is 10.5. The fraction of sp³-hybridized carbons (Fsp3) is 0.625. The zero-order valence-electron chi connectivity index (χ0n) is 21.2. The molecule has 2 aromatic rings. The van der Waals surface area contributed by atoms with E-state index in [4.69, 9.17) is 0 Å². The van der Waals surface area contributed by atoms with Gasteiger partial charge in [0.15, 0.2) is 5.65 Å². The van der Waals surface area contributed by atoms with E-state index >= 15 is 0 Å². The highest BCUT2D eigenvalue weighted by Crippen LogP contribution is 2.24. The molecule has 2 N–H and O–H groups in total. The van der Waals surface area contributed by atoms with Crippen LogP contribution < -0.4 is 10.6 Å². The van der Waals surface area contributed by atoms with Gasteiger partial charge >= 0.3 is 0 Å². The molecule has 1 atom stereocenters. The molecule has 0 aliphatic carbocycles. The number of likely N-dealkylation sites (tertiary alicyclic amines) is 1. The number of aromatic nitrogens is 3. The Labute approximate surface area is 207 Å². The van der Waals surface area contributed by atoms with Crippen molar-refractivity contribution in [3.63, 3.8) is 0 Å². The fourth-order valence-electron chi connectivity index (χ4n) is 4.06. The first-order valence-corrected chi connectivity index (χ1v) is 11.4. The lowest BCUT2D eigenvalue weighted by Crippen LogP contribution is -2.53. The predicted octanol–water partition coefficient (Wildman–Crippen LogP) is 2.68. The highest BCUT2D eigenvalue weighted by molar-refractivity contribution is 5.96. The first-order valence-electron chi connectivity index (χ1n) is 11.4. The van der Waals surface area contributed by atoms with Crippen molar-refractivity contribution in [3.8, 4) is 6.07 Å². The van der Waals surface area contributed by atoms with Crippen LogP contribution in [0, 0.1) is 25.2 Å². The molecule has 0 aromatic carbocycles. The topological polar surface area (TPSA) is 115 Å². The standard InChI is InChI=1S/C24H35N7O2.ClH/c1-15-21(16(2)31-19(28-15)11-18(29-31)23(3,4)5)22(33)26-14-24(6,7)27-13-20(32)30-10-8-9-17(30)12-25;/h11,17,27H,8-10,13-14H2,1-7H3,(H,26,33);1H/t17-;/m0./s1. The van der Waals surface area contributed by atoms with Gasteiger partial charge in [0, 0.05) is 30.1 Å². The van der Waals surface area contributed by atoms with Gasteiger partial charge in [-0.15, -0.1) is 12.4 Å². The Kier molecular flexibility index (Phi) is 8.33. The Morgan fingerprint density at radius 2 is 1.91 bits per heavy atom. The van der Waals surface area contributed by atoms with Gasteiger partial charge in [0.05, 0.1) is 35.3 Å². The van der Waals surface area contributed by atoms with Crippen LogP contribution in [0.3, 0.4) is 0 Å². The SMILES string of the molecule is Cc1nc2cc(C(C)(C)C)nn2c(C)c1C(=O)NCC(C)(C)NCC(=O)N1CCC[C@H]1C#N.Cl. The molecule has 0 radical (unpaired) electrons. The molecule has 9 nitrogen and oxygen atoms in total. The number of rotatable bonds is 6. The number of hydrogen-bond donors (Lipinski definition) is 2. The second-order valence-corrected chi connectivity index (χ2v) is 10.5. The minimum absolute atomic E-state index is 0. The maximum absolute atomic E-state index is 13.1. The third-order valence-electron chi connectivity index (χ3n) is 6.14. The lowest BCUT2D eigenvalue weighted by molar-refractivity contribution is -0.130. The largest absolute Gasteiger partial charge is 0.350 e. The molecule has 186 valence electrons.